The van der Waals surface area contributed by atoms with Crippen LogP contribution in [0.3, 0.4) is 0 Å². The van der Waals surface area contributed by atoms with Crippen molar-refractivity contribution in [2.75, 3.05) is 11.1 Å². The van der Waals surface area contributed by atoms with Crippen molar-refractivity contribution >= 4 is 44.3 Å². The van der Waals surface area contributed by atoms with Gasteiger partial charge in [-0.15, -0.1) is 0 Å². The van der Waals surface area contributed by atoms with Gasteiger partial charge < -0.3 is 10.4 Å². The number of carboxylic acid groups (broad SMARTS) is 1. The molecule has 0 aliphatic rings. The lowest BCUT2D eigenvalue weighted by Crippen LogP contribution is -2.35. The standard InChI is InChI=1S/C13H16BrNO4S/c1-8(2)12(13(17)18)20(19)7-11(16)15-10-5-3-9(14)4-6-10/h3-6,8,12H,7H2,1-2H3,(H,15,16)(H,17,18). The van der Waals surface area contributed by atoms with E-state index < -0.39 is 27.9 Å². The Kier molecular flexibility index (Phi) is 6.35. The Morgan fingerprint density at radius 3 is 2.30 bits per heavy atom. The molecule has 1 aromatic rings. The Hall–Kier alpha value is -1.21. The normalized spacial score (nSPS) is 13.8. The highest BCUT2D eigenvalue weighted by Gasteiger charge is 2.29. The second-order valence-electron chi connectivity index (χ2n) is 4.58. The van der Waals surface area contributed by atoms with Crippen molar-refractivity contribution in [2.45, 2.75) is 19.1 Å². The van der Waals surface area contributed by atoms with E-state index >= 15 is 0 Å². The molecule has 0 heterocycles. The fourth-order valence-electron chi connectivity index (χ4n) is 1.65. The van der Waals surface area contributed by atoms with E-state index in [1.54, 1.807) is 38.1 Å². The van der Waals surface area contributed by atoms with Crippen LogP contribution in [0.4, 0.5) is 5.69 Å². The summed E-state index contributed by atoms with van der Waals surface area (Å²) in [6.07, 6.45) is 0. The molecule has 110 valence electrons. The van der Waals surface area contributed by atoms with Crippen LogP contribution in [-0.4, -0.2) is 32.2 Å². The van der Waals surface area contributed by atoms with Crippen molar-refractivity contribution in [2.24, 2.45) is 5.92 Å². The fraction of sp³-hybridized carbons (Fsp3) is 0.385. The number of hydrogen-bond donors (Lipinski definition) is 2. The number of nitrogens with one attached hydrogen (secondary N) is 1. The summed E-state index contributed by atoms with van der Waals surface area (Å²) in [4.78, 5) is 22.8. The zero-order valence-corrected chi connectivity index (χ0v) is 13.5. The number of halogens is 1. The van der Waals surface area contributed by atoms with Gasteiger partial charge >= 0.3 is 5.97 Å². The van der Waals surface area contributed by atoms with Crippen LogP contribution in [-0.2, 0) is 20.4 Å². The lowest BCUT2D eigenvalue weighted by Gasteiger charge is -2.15. The van der Waals surface area contributed by atoms with Gasteiger partial charge in [0.15, 0.2) is 0 Å². The molecule has 1 amide bonds. The van der Waals surface area contributed by atoms with E-state index in [2.05, 4.69) is 21.2 Å². The third kappa shape index (κ3) is 5.05. The van der Waals surface area contributed by atoms with Crippen LogP contribution in [0, 0.1) is 5.92 Å². The van der Waals surface area contributed by atoms with Crippen molar-refractivity contribution in [1.82, 2.24) is 0 Å². The summed E-state index contributed by atoms with van der Waals surface area (Å²) in [7, 11) is -1.75. The van der Waals surface area contributed by atoms with E-state index in [0.29, 0.717) is 5.69 Å². The molecule has 2 unspecified atom stereocenters. The number of benzene rings is 1. The minimum absolute atomic E-state index is 0.297. The summed E-state index contributed by atoms with van der Waals surface area (Å²) in [6, 6.07) is 6.92. The molecule has 0 saturated heterocycles. The Morgan fingerprint density at radius 2 is 1.85 bits per heavy atom. The number of hydrogen-bond acceptors (Lipinski definition) is 3. The Bertz CT molecular complexity index is 516. The van der Waals surface area contributed by atoms with Gasteiger partial charge in [-0.25, -0.2) is 0 Å². The molecule has 7 heteroatoms. The largest absolute Gasteiger partial charge is 0.480 e. The molecule has 0 saturated carbocycles. The summed E-state index contributed by atoms with van der Waals surface area (Å²) in [5, 5.41) is 10.6. The Morgan fingerprint density at radius 1 is 1.30 bits per heavy atom. The van der Waals surface area contributed by atoms with E-state index in [1.807, 2.05) is 0 Å². The van der Waals surface area contributed by atoms with Gasteiger partial charge in [-0.2, -0.15) is 0 Å². The zero-order chi connectivity index (χ0) is 15.3. The van der Waals surface area contributed by atoms with Crippen LogP contribution in [0.5, 0.6) is 0 Å². The van der Waals surface area contributed by atoms with E-state index in [-0.39, 0.29) is 11.7 Å². The minimum atomic E-state index is -1.75. The highest BCUT2D eigenvalue weighted by molar-refractivity contribution is 9.10. The summed E-state index contributed by atoms with van der Waals surface area (Å²) in [5.74, 6) is -2.23. The molecule has 1 aromatic carbocycles. The van der Waals surface area contributed by atoms with Crippen molar-refractivity contribution in [1.29, 1.82) is 0 Å². The number of aliphatic carboxylic acids is 1. The number of rotatable bonds is 6. The van der Waals surface area contributed by atoms with Crippen molar-refractivity contribution in [3.63, 3.8) is 0 Å². The van der Waals surface area contributed by atoms with Crippen molar-refractivity contribution in [3.05, 3.63) is 28.7 Å². The van der Waals surface area contributed by atoms with Gasteiger partial charge in [-0.05, 0) is 30.2 Å². The first-order chi connectivity index (χ1) is 9.31. The van der Waals surface area contributed by atoms with Gasteiger partial charge in [0, 0.05) is 21.0 Å². The van der Waals surface area contributed by atoms with Gasteiger partial charge in [-0.3, -0.25) is 13.8 Å². The quantitative estimate of drug-likeness (QED) is 0.813. The average molecular weight is 362 g/mol. The van der Waals surface area contributed by atoms with Crippen LogP contribution in [0.15, 0.2) is 28.7 Å². The first kappa shape index (κ1) is 16.8. The van der Waals surface area contributed by atoms with Crippen molar-refractivity contribution in [3.8, 4) is 0 Å². The van der Waals surface area contributed by atoms with Gasteiger partial charge in [-0.1, -0.05) is 29.8 Å². The molecule has 1 rings (SSSR count). The van der Waals surface area contributed by atoms with Gasteiger partial charge in [0.2, 0.25) is 5.91 Å². The Balaban J connectivity index is 2.63. The molecular formula is C13H16BrNO4S. The zero-order valence-electron chi connectivity index (χ0n) is 11.1. The van der Waals surface area contributed by atoms with Crippen LogP contribution in [0.2, 0.25) is 0 Å². The van der Waals surface area contributed by atoms with Crippen LogP contribution < -0.4 is 5.32 Å². The Labute approximate surface area is 128 Å². The predicted molar refractivity (Wildman–Crippen MR) is 82.0 cm³/mol. The first-order valence-corrected chi connectivity index (χ1v) is 8.14. The molecule has 0 aliphatic heterocycles. The topological polar surface area (TPSA) is 83.5 Å². The van der Waals surface area contributed by atoms with Crippen LogP contribution in [0.1, 0.15) is 13.8 Å². The highest BCUT2D eigenvalue weighted by atomic mass is 79.9. The number of amides is 1. The fourth-order valence-corrected chi connectivity index (χ4v) is 3.26. The smallest absolute Gasteiger partial charge is 0.319 e. The molecule has 0 aliphatic carbocycles. The van der Waals surface area contributed by atoms with Crippen LogP contribution >= 0.6 is 15.9 Å². The SMILES string of the molecule is CC(C)C(C(=O)O)S(=O)CC(=O)Nc1ccc(Br)cc1. The maximum absolute atomic E-state index is 11.9. The van der Waals surface area contributed by atoms with Gasteiger partial charge in [0.1, 0.15) is 11.0 Å². The van der Waals surface area contributed by atoms with E-state index in [9.17, 15) is 13.8 Å². The van der Waals surface area contributed by atoms with E-state index in [4.69, 9.17) is 5.11 Å². The number of anilines is 1. The molecular weight excluding hydrogens is 346 g/mol. The minimum Gasteiger partial charge on any atom is -0.480 e. The molecule has 0 aromatic heterocycles. The summed E-state index contributed by atoms with van der Waals surface area (Å²) >= 11 is 3.28. The average Bonchev–Trinajstić information content (AvgIpc) is 2.30. The molecule has 2 N–H and O–H groups in total. The monoisotopic (exact) mass is 361 g/mol. The number of carboxylic acids is 1. The maximum Gasteiger partial charge on any atom is 0.319 e. The second kappa shape index (κ2) is 7.54. The lowest BCUT2D eigenvalue weighted by atomic mass is 10.1. The predicted octanol–water partition coefficient (Wildman–Crippen LogP) is 2.25. The molecule has 0 radical (unpaired) electrons. The van der Waals surface area contributed by atoms with E-state index in [0.717, 1.165) is 4.47 Å². The molecule has 0 fully saturated rings. The highest BCUT2D eigenvalue weighted by Crippen LogP contribution is 2.15. The van der Waals surface area contributed by atoms with Crippen LogP contribution in [0.25, 0.3) is 0 Å². The molecule has 20 heavy (non-hydrogen) atoms. The summed E-state index contributed by atoms with van der Waals surface area (Å²) in [6.45, 7) is 3.34. The molecule has 0 bridgehead atoms. The molecule has 0 spiro atoms. The molecule has 5 nitrogen and oxygen atoms in total. The summed E-state index contributed by atoms with van der Waals surface area (Å²) < 4.78 is 12.8. The van der Waals surface area contributed by atoms with Gasteiger partial charge in [0.25, 0.3) is 0 Å². The number of carbonyl (C=O) groups excluding carboxylic acids is 1. The van der Waals surface area contributed by atoms with Crippen molar-refractivity contribution < 1.29 is 18.9 Å². The number of carbonyl (C=O) groups is 2. The van der Waals surface area contributed by atoms with E-state index in [1.165, 1.54) is 0 Å². The maximum atomic E-state index is 11.9. The molecule has 2 atom stereocenters. The van der Waals surface area contributed by atoms with Gasteiger partial charge in [0.05, 0.1) is 0 Å². The second-order valence-corrected chi connectivity index (χ2v) is 7.06. The first-order valence-electron chi connectivity index (χ1n) is 5.96. The third-order valence-electron chi connectivity index (χ3n) is 2.53. The third-order valence-corrected chi connectivity index (χ3v) is 4.92. The lowest BCUT2D eigenvalue weighted by molar-refractivity contribution is -0.137. The summed E-state index contributed by atoms with van der Waals surface area (Å²) in [5.41, 5.74) is 0.576.